The highest BCUT2D eigenvalue weighted by molar-refractivity contribution is 5.69. The number of aryl methyl sites for hydroxylation is 1. The van der Waals surface area contributed by atoms with Crippen LogP contribution in [0.5, 0.6) is 0 Å². The average molecular weight is 322 g/mol. The fraction of sp³-hybridized carbons (Fsp3) is 0.304. The van der Waals surface area contributed by atoms with Crippen molar-refractivity contribution in [2.24, 2.45) is 0 Å². The van der Waals surface area contributed by atoms with Crippen molar-refractivity contribution in [3.05, 3.63) is 83.9 Å². The Morgan fingerprint density at radius 2 is 1.54 bits per heavy atom. The van der Waals surface area contributed by atoms with Crippen molar-refractivity contribution in [3.8, 4) is 0 Å². The lowest BCUT2D eigenvalue weighted by atomic mass is 9.94. The van der Waals surface area contributed by atoms with E-state index >= 15 is 0 Å². The maximum atomic E-state index is 13.6. The van der Waals surface area contributed by atoms with E-state index in [0.29, 0.717) is 12.8 Å². The van der Waals surface area contributed by atoms with Crippen LogP contribution in [0, 0.1) is 6.92 Å². The van der Waals surface area contributed by atoms with Crippen molar-refractivity contribution in [2.45, 2.75) is 45.7 Å². The molecule has 0 bridgehead atoms. The Bertz CT molecular complexity index is 711. The number of benzene rings is 2. The van der Waals surface area contributed by atoms with Crippen LogP contribution in [-0.4, -0.2) is 6.17 Å². The Kier molecular flexibility index (Phi) is 6.54. The van der Waals surface area contributed by atoms with E-state index in [-0.39, 0.29) is 0 Å². The zero-order valence-corrected chi connectivity index (χ0v) is 14.8. The van der Waals surface area contributed by atoms with Gasteiger partial charge < -0.3 is 0 Å². The summed E-state index contributed by atoms with van der Waals surface area (Å²) in [6.07, 6.45) is 2.01. The Labute approximate surface area is 145 Å². The predicted octanol–water partition coefficient (Wildman–Crippen LogP) is 6.79. The van der Waals surface area contributed by atoms with Crippen molar-refractivity contribution in [2.75, 3.05) is 0 Å². The van der Waals surface area contributed by atoms with Gasteiger partial charge >= 0.3 is 0 Å². The van der Waals surface area contributed by atoms with Gasteiger partial charge in [-0.15, -0.1) is 0 Å². The first-order valence-corrected chi connectivity index (χ1v) is 8.65. The van der Waals surface area contributed by atoms with Crippen molar-refractivity contribution in [1.29, 1.82) is 0 Å². The second-order valence-corrected chi connectivity index (χ2v) is 6.49. The molecule has 2 rings (SSSR count). The normalized spacial score (nSPS) is 12.0. The molecule has 1 unspecified atom stereocenters. The average Bonchev–Trinajstić information content (AvgIpc) is 2.59. The van der Waals surface area contributed by atoms with Gasteiger partial charge in [0.25, 0.3) is 0 Å². The lowest BCUT2D eigenvalue weighted by molar-refractivity contribution is 0.323. The molecular formula is C23H27F. The highest BCUT2D eigenvalue weighted by Crippen LogP contribution is 2.26. The summed E-state index contributed by atoms with van der Waals surface area (Å²) in [5.74, 6) is 0. The van der Waals surface area contributed by atoms with Crippen LogP contribution >= 0.6 is 0 Å². The van der Waals surface area contributed by atoms with Gasteiger partial charge in [0, 0.05) is 6.42 Å². The van der Waals surface area contributed by atoms with Crippen LogP contribution in [-0.2, 0) is 6.42 Å². The largest absolute Gasteiger partial charge is 0.247 e. The molecule has 0 saturated carbocycles. The quantitative estimate of drug-likeness (QED) is 0.502. The molecule has 0 aliphatic heterocycles. The van der Waals surface area contributed by atoms with E-state index in [1.165, 1.54) is 11.1 Å². The van der Waals surface area contributed by atoms with Gasteiger partial charge in [-0.1, -0.05) is 74.2 Å². The lowest BCUT2D eigenvalue weighted by Crippen LogP contribution is -2.02. The van der Waals surface area contributed by atoms with E-state index in [2.05, 4.69) is 56.5 Å². The van der Waals surface area contributed by atoms with E-state index in [1.54, 1.807) is 0 Å². The van der Waals surface area contributed by atoms with Gasteiger partial charge in [0.1, 0.15) is 6.17 Å². The molecule has 1 heteroatoms. The zero-order chi connectivity index (χ0) is 17.5. The van der Waals surface area contributed by atoms with Crippen LogP contribution in [0.25, 0.3) is 11.1 Å². The molecule has 0 fully saturated rings. The van der Waals surface area contributed by atoms with Crippen molar-refractivity contribution in [3.63, 3.8) is 0 Å². The third kappa shape index (κ3) is 5.19. The van der Waals surface area contributed by atoms with E-state index in [1.807, 2.05) is 19.1 Å². The fourth-order valence-electron chi connectivity index (χ4n) is 2.77. The van der Waals surface area contributed by atoms with E-state index in [4.69, 9.17) is 0 Å². The molecule has 0 aromatic heterocycles. The Morgan fingerprint density at radius 1 is 0.958 bits per heavy atom. The molecule has 0 spiro atoms. The van der Waals surface area contributed by atoms with Crippen LogP contribution in [0.3, 0.4) is 0 Å². The minimum absolute atomic E-state index is 0.480. The molecule has 0 nitrogen and oxygen atoms in total. The van der Waals surface area contributed by atoms with Crippen LogP contribution in [0.4, 0.5) is 4.39 Å². The Balaban J connectivity index is 1.97. The van der Waals surface area contributed by atoms with Crippen LogP contribution < -0.4 is 0 Å². The summed E-state index contributed by atoms with van der Waals surface area (Å²) in [6, 6.07) is 16.5. The summed E-state index contributed by atoms with van der Waals surface area (Å²) in [7, 11) is 0. The molecule has 0 saturated heterocycles. The number of halogens is 1. The van der Waals surface area contributed by atoms with Crippen molar-refractivity contribution in [1.82, 2.24) is 0 Å². The number of hydrogen-bond acceptors (Lipinski definition) is 0. The monoisotopic (exact) mass is 322 g/mol. The molecule has 1 atom stereocenters. The first-order chi connectivity index (χ1) is 11.5. The van der Waals surface area contributed by atoms with Gasteiger partial charge in [0.2, 0.25) is 0 Å². The van der Waals surface area contributed by atoms with E-state index < -0.39 is 6.17 Å². The molecule has 0 amide bonds. The molecule has 0 aliphatic rings. The summed E-state index contributed by atoms with van der Waals surface area (Å²) >= 11 is 0. The number of allylic oxidation sites excluding steroid dienone is 2. The number of rotatable bonds is 8. The minimum atomic E-state index is -0.769. The summed E-state index contributed by atoms with van der Waals surface area (Å²) < 4.78 is 13.6. The Morgan fingerprint density at radius 3 is 2.12 bits per heavy atom. The minimum Gasteiger partial charge on any atom is -0.247 e. The first-order valence-electron chi connectivity index (χ1n) is 8.65. The molecule has 0 N–H and O–H groups in total. The number of alkyl halides is 1. The first kappa shape index (κ1) is 18.2. The molecule has 2 aromatic rings. The van der Waals surface area contributed by atoms with Crippen LogP contribution in [0.15, 0.2) is 61.7 Å². The maximum Gasteiger partial charge on any atom is 0.104 e. The third-order valence-corrected chi connectivity index (χ3v) is 4.39. The molecule has 0 heterocycles. The van der Waals surface area contributed by atoms with E-state index in [0.717, 1.165) is 35.1 Å². The molecule has 0 radical (unpaired) electrons. The SMILES string of the molecule is C=C(CCC(=C)c1cccc(CC(F)CC)c1)c1cccc(C)c1. The second-order valence-electron chi connectivity index (χ2n) is 6.49. The van der Waals surface area contributed by atoms with E-state index in [9.17, 15) is 4.39 Å². The predicted molar refractivity (Wildman–Crippen MR) is 104 cm³/mol. The third-order valence-electron chi connectivity index (χ3n) is 4.39. The summed E-state index contributed by atoms with van der Waals surface area (Å²) in [4.78, 5) is 0. The smallest absolute Gasteiger partial charge is 0.104 e. The fourth-order valence-corrected chi connectivity index (χ4v) is 2.77. The highest BCUT2D eigenvalue weighted by atomic mass is 19.1. The van der Waals surface area contributed by atoms with Crippen LogP contribution in [0.2, 0.25) is 0 Å². The molecule has 126 valence electrons. The van der Waals surface area contributed by atoms with Gasteiger partial charge in [0.05, 0.1) is 0 Å². The summed E-state index contributed by atoms with van der Waals surface area (Å²) in [6.45, 7) is 12.4. The van der Waals surface area contributed by atoms with Crippen molar-refractivity contribution >= 4 is 11.1 Å². The molecular weight excluding hydrogens is 295 g/mol. The maximum absolute atomic E-state index is 13.6. The summed E-state index contributed by atoms with van der Waals surface area (Å²) in [5, 5.41) is 0. The summed E-state index contributed by atoms with van der Waals surface area (Å²) in [5.41, 5.74) is 6.80. The topological polar surface area (TPSA) is 0 Å². The molecule has 0 aliphatic carbocycles. The van der Waals surface area contributed by atoms with Gasteiger partial charge in [-0.25, -0.2) is 4.39 Å². The van der Waals surface area contributed by atoms with Gasteiger partial charge in [0.15, 0.2) is 0 Å². The zero-order valence-electron chi connectivity index (χ0n) is 14.8. The second kappa shape index (κ2) is 8.63. The van der Waals surface area contributed by atoms with Gasteiger partial charge in [-0.2, -0.15) is 0 Å². The van der Waals surface area contributed by atoms with Gasteiger partial charge in [-0.3, -0.25) is 0 Å². The standard InChI is InChI=1S/C23H27F/c1-5-23(24)16-20-9-7-11-22(15-20)19(4)13-12-18(3)21-10-6-8-17(2)14-21/h6-11,14-15,23H,3-5,12-13,16H2,1-2H3. The van der Waals surface area contributed by atoms with Crippen molar-refractivity contribution < 1.29 is 4.39 Å². The van der Waals surface area contributed by atoms with Gasteiger partial charge in [-0.05, 0) is 54.0 Å². The molecule has 24 heavy (non-hydrogen) atoms. The lowest BCUT2D eigenvalue weighted by Gasteiger charge is -2.11. The van der Waals surface area contributed by atoms with Crippen LogP contribution in [0.1, 0.15) is 48.4 Å². The highest BCUT2D eigenvalue weighted by Gasteiger charge is 2.07. The number of hydrogen-bond donors (Lipinski definition) is 0. The molecule has 2 aromatic carbocycles. The Hall–Kier alpha value is -2.15.